The lowest BCUT2D eigenvalue weighted by Crippen LogP contribution is -2.38. The zero-order valence-electron chi connectivity index (χ0n) is 15.4. The molecule has 2 aromatic carbocycles. The van der Waals surface area contributed by atoms with E-state index in [2.05, 4.69) is 0 Å². The number of benzene rings is 2. The van der Waals surface area contributed by atoms with Gasteiger partial charge in [-0.2, -0.15) is 0 Å². The van der Waals surface area contributed by atoms with Crippen molar-refractivity contribution in [3.8, 4) is 11.5 Å². The molecule has 0 spiro atoms. The normalized spacial score (nSPS) is 14.6. The Kier molecular flexibility index (Phi) is 5.42. The summed E-state index contributed by atoms with van der Waals surface area (Å²) in [5.41, 5.74) is 1.68. The second-order valence-corrected chi connectivity index (χ2v) is 7.03. The highest BCUT2D eigenvalue weighted by molar-refractivity contribution is 6.30. The molecule has 0 N–H and O–H groups in total. The van der Waals surface area contributed by atoms with E-state index in [0.29, 0.717) is 29.6 Å². The van der Waals surface area contributed by atoms with E-state index in [-0.39, 0.29) is 5.91 Å². The van der Waals surface area contributed by atoms with E-state index in [0.717, 1.165) is 24.0 Å². The van der Waals surface area contributed by atoms with Crippen LogP contribution in [0.5, 0.6) is 11.5 Å². The average molecular weight is 374 g/mol. The predicted molar refractivity (Wildman–Crippen MR) is 103 cm³/mol. The lowest BCUT2D eigenvalue weighted by atomic mass is 9.94. The summed E-state index contributed by atoms with van der Waals surface area (Å²) in [6.45, 7) is 3.21. The van der Waals surface area contributed by atoms with Gasteiger partial charge in [-0.1, -0.05) is 29.8 Å². The number of likely N-dealkylation sites (N-methyl/N-ethyl adjacent to an activating group) is 1. The summed E-state index contributed by atoms with van der Waals surface area (Å²) in [7, 11) is 3.23. The van der Waals surface area contributed by atoms with Crippen LogP contribution in [-0.2, 0) is 16.8 Å². The lowest BCUT2D eigenvalue weighted by Gasteiger charge is -2.27. The Labute approximate surface area is 159 Å². The lowest BCUT2D eigenvalue weighted by molar-refractivity contribution is -0.134. The largest absolute Gasteiger partial charge is 0.493 e. The Hall–Kier alpha value is -2.20. The Bertz CT molecular complexity index is 784. The molecule has 1 saturated carbocycles. The number of carbonyl (C=O) groups is 1. The fraction of sp³-hybridized carbons (Fsp3) is 0.381. The van der Waals surface area contributed by atoms with Gasteiger partial charge in [0.2, 0.25) is 5.91 Å². The number of hydrogen-bond acceptors (Lipinski definition) is 3. The minimum absolute atomic E-state index is 0.178. The molecule has 0 atom stereocenters. The third-order valence-electron chi connectivity index (χ3n) is 5.05. The Morgan fingerprint density at radius 3 is 2.27 bits per heavy atom. The van der Waals surface area contributed by atoms with Gasteiger partial charge in [0.25, 0.3) is 0 Å². The second-order valence-electron chi connectivity index (χ2n) is 6.60. The summed E-state index contributed by atoms with van der Waals surface area (Å²) in [5, 5.41) is 0.690. The van der Waals surface area contributed by atoms with Crippen LogP contribution in [0.25, 0.3) is 0 Å². The first-order valence-corrected chi connectivity index (χ1v) is 9.18. The minimum atomic E-state index is -0.392. The van der Waals surface area contributed by atoms with Crippen LogP contribution in [0.4, 0.5) is 0 Å². The van der Waals surface area contributed by atoms with E-state index in [9.17, 15) is 4.79 Å². The number of methoxy groups -OCH3 is 2. The summed E-state index contributed by atoms with van der Waals surface area (Å²) in [4.78, 5) is 15.2. The summed E-state index contributed by atoms with van der Waals surface area (Å²) >= 11 is 5.99. The fourth-order valence-corrected chi connectivity index (χ4v) is 3.48. The van der Waals surface area contributed by atoms with Crippen molar-refractivity contribution in [1.29, 1.82) is 0 Å². The van der Waals surface area contributed by atoms with Gasteiger partial charge >= 0.3 is 0 Å². The second kappa shape index (κ2) is 7.58. The molecule has 26 heavy (non-hydrogen) atoms. The van der Waals surface area contributed by atoms with Crippen molar-refractivity contribution in [2.75, 3.05) is 20.8 Å². The number of carbonyl (C=O) groups excluding carboxylic acids is 1. The fourth-order valence-electron chi connectivity index (χ4n) is 3.35. The van der Waals surface area contributed by atoms with Crippen LogP contribution in [-0.4, -0.2) is 31.6 Å². The molecule has 1 amide bonds. The maximum absolute atomic E-state index is 13.3. The first kappa shape index (κ1) is 18.6. The topological polar surface area (TPSA) is 38.8 Å². The molecule has 0 radical (unpaired) electrons. The maximum atomic E-state index is 13.3. The molecule has 5 heteroatoms. The van der Waals surface area contributed by atoms with Gasteiger partial charge in [0.15, 0.2) is 11.5 Å². The van der Waals surface area contributed by atoms with Crippen molar-refractivity contribution in [2.24, 2.45) is 0 Å². The smallest absolute Gasteiger partial charge is 0.233 e. The molecule has 1 fully saturated rings. The van der Waals surface area contributed by atoms with E-state index in [1.807, 2.05) is 54.3 Å². The number of ether oxygens (including phenoxy) is 2. The average Bonchev–Trinajstić information content (AvgIpc) is 3.47. The van der Waals surface area contributed by atoms with Gasteiger partial charge in [-0.3, -0.25) is 4.79 Å². The third kappa shape index (κ3) is 3.51. The van der Waals surface area contributed by atoms with Crippen LogP contribution in [0.1, 0.15) is 30.9 Å². The summed E-state index contributed by atoms with van der Waals surface area (Å²) in [6.07, 6.45) is 1.77. The molecule has 0 bridgehead atoms. The molecule has 1 aliphatic carbocycles. The molecule has 0 aromatic heterocycles. The summed E-state index contributed by atoms with van der Waals surface area (Å²) in [5.74, 6) is 1.54. The quantitative estimate of drug-likeness (QED) is 0.720. The van der Waals surface area contributed by atoms with Crippen LogP contribution < -0.4 is 9.47 Å². The van der Waals surface area contributed by atoms with Gasteiger partial charge in [-0.05, 0) is 55.2 Å². The van der Waals surface area contributed by atoms with E-state index < -0.39 is 5.41 Å². The van der Waals surface area contributed by atoms with E-state index in [1.165, 1.54) is 0 Å². The maximum Gasteiger partial charge on any atom is 0.233 e. The molecule has 138 valence electrons. The number of hydrogen-bond donors (Lipinski definition) is 0. The van der Waals surface area contributed by atoms with Crippen molar-refractivity contribution in [2.45, 2.75) is 31.7 Å². The van der Waals surface area contributed by atoms with Crippen molar-refractivity contribution >= 4 is 17.5 Å². The standard InChI is InChI=1S/C21H24ClNO3/c1-4-23(14-15-5-10-18(25-2)19(13-15)26-3)20(24)21(11-12-21)16-6-8-17(22)9-7-16/h5-10,13H,4,11-12,14H2,1-3H3. The predicted octanol–water partition coefficient (Wildman–Crippen LogP) is 4.44. The zero-order chi connectivity index (χ0) is 18.7. The summed E-state index contributed by atoms with van der Waals surface area (Å²) in [6, 6.07) is 13.4. The van der Waals surface area contributed by atoms with Crippen LogP contribution >= 0.6 is 11.6 Å². The number of rotatable bonds is 7. The van der Waals surface area contributed by atoms with E-state index in [1.54, 1.807) is 14.2 Å². The monoisotopic (exact) mass is 373 g/mol. The highest BCUT2D eigenvalue weighted by Crippen LogP contribution is 2.50. The van der Waals surface area contributed by atoms with E-state index >= 15 is 0 Å². The highest BCUT2D eigenvalue weighted by atomic mass is 35.5. The molecule has 1 aliphatic rings. The van der Waals surface area contributed by atoms with Gasteiger partial charge in [0.1, 0.15) is 0 Å². The van der Waals surface area contributed by atoms with Crippen molar-refractivity contribution in [1.82, 2.24) is 4.90 Å². The molecule has 0 unspecified atom stereocenters. The van der Waals surface area contributed by atoms with Gasteiger partial charge in [0.05, 0.1) is 19.6 Å². The van der Waals surface area contributed by atoms with Crippen molar-refractivity contribution < 1.29 is 14.3 Å². The SMILES string of the molecule is CCN(Cc1ccc(OC)c(OC)c1)C(=O)C1(c2ccc(Cl)cc2)CC1. The first-order chi connectivity index (χ1) is 12.5. The first-order valence-electron chi connectivity index (χ1n) is 8.80. The Balaban J connectivity index is 1.80. The number of halogens is 1. The van der Waals surface area contributed by atoms with Crippen LogP contribution in [0.15, 0.2) is 42.5 Å². The number of nitrogens with zero attached hydrogens (tertiary/aromatic N) is 1. The molecule has 0 aliphatic heterocycles. The Morgan fingerprint density at radius 1 is 1.08 bits per heavy atom. The van der Waals surface area contributed by atoms with Gasteiger partial charge in [0, 0.05) is 18.1 Å². The molecule has 3 rings (SSSR count). The molecule has 2 aromatic rings. The third-order valence-corrected chi connectivity index (χ3v) is 5.30. The van der Waals surface area contributed by atoms with Crippen LogP contribution in [0.2, 0.25) is 5.02 Å². The molecular formula is C21H24ClNO3. The number of amides is 1. The molecular weight excluding hydrogens is 350 g/mol. The van der Waals surface area contributed by atoms with Gasteiger partial charge in [-0.15, -0.1) is 0 Å². The molecule has 4 nitrogen and oxygen atoms in total. The minimum Gasteiger partial charge on any atom is -0.493 e. The molecule has 0 saturated heterocycles. The zero-order valence-corrected chi connectivity index (χ0v) is 16.2. The Morgan fingerprint density at radius 2 is 1.73 bits per heavy atom. The van der Waals surface area contributed by atoms with E-state index in [4.69, 9.17) is 21.1 Å². The van der Waals surface area contributed by atoms with Crippen molar-refractivity contribution in [3.63, 3.8) is 0 Å². The molecule has 0 heterocycles. The highest BCUT2D eigenvalue weighted by Gasteiger charge is 2.52. The van der Waals surface area contributed by atoms with Gasteiger partial charge < -0.3 is 14.4 Å². The van der Waals surface area contributed by atoms with Gasteiger partial charge in [-0.25, -0.2) is 0 Å². The summed E-state index contributed by atoms with van der Waals surface area (Å²) < 4.78 is 10.7. The van der Waals surface area contributed by atoms with Crippen LogP contribution in [0.3, 0.4) is 0 Å². The van der Waals surface area contributed by atoms with Crippen LogP contribution in [0, 0.1) is 0 Å². The van der Waals surface area contributed by atoms with Crippen molar-refractivity contribution in [3.05, 3.63) is 58.6 Å².